The lowest BCUT2D eigenvalue weighted by atomic mass is 10.2. The molecular weight excluding hydrogens is 325 g/mol. The van der Waals surface area contributed by atoms with Crippen molar-refractivity contribution in [1.82, 2.24) is 0 Å². The van der Waals surface area contributed by atoms with Gasteiger partial charge in [0.1, 0.15) is 6.10 Å². The second-order valence-electron chi connectivity index (χ2n) is 3.48. The molecule has 1 aromatic carbocycles. The Morgan fingerprint density at radius 3 is 2.33 bits per heavy atom. The van der Waals surface area contributed by atoms with E-state index < -0.39 is 30.8 Å². The second-order valence-corrected chi connectivity index (χ2v) is 4.33. The average molecular weight is 334 g/mol. The van der Waals surface area contributed by atoms with E-state index in [1.54, 1.807) is 0 Å². The van der Waals surface area contributed by atoms with Gasteiger partial charge in [0.15, 0.2) is 0 Å². The molecule has 0 aliphatic carbocycles. The molecule has 0 aliphatic heterocycles. The van der Waals surface area contributed by atoms with Crippen molar-refractivity contribution in [3.63, 3.8) is 0 Å². The number of hydrogen-bond donors (Lipinski definition) is 2. The van der Waals surface area contributed by atoms with Gasteiger partial charge in [-0.15, -0.1) is 0 Å². The quantitative estimate of drug-likeness (QED) is 0.826. The van der Waals surface area contributed by atoms with Crippen molar-refractivity contribution in [2.45, 2.75) is 18.7 Å². The summed E-state index contributed by atoms with van der Waals surface area (Å²) >= 11 is 2.90. The van der Waals surface area contributed by atoms with Crippen molar-refractivity contribution in [3.8, 4) is 0 Å². The molecule has 0 radical (unpaired) electrons. The highest BCUT2D eigenvalue weighted by atomic mass is 79.9. The first-order valence-corrected chi connectivity index (χ1v) is 5.58. The lowest BCUT2D eigenvalue weighted by Crippen LogP contribution is -2.26. The van der Waals surface area contributed by atoms with Crippen molar-refractivity contribution in [2.75, 3.05) is 11.9 Å². The molecule has 0 heterocycles. The number of benzene rings is 1. The molecule has 0 amide bonds. The summed E-state index contributed by atoms with van der Waals surface area (Å²) in [7, 11) is 0. The Balaban J connectivity index is 2.75. The van der Waals surface area contributed by atoms with E-state index in [0.717, 1.165) is 18.2 Å². The van der Waals surface area contributed by atoms with Crippen molar-refractivity contribution >= 4 is 21.6 Å². The fraction of sp³-hybridized carbons (Fsp3) is 0.400. The van der Waals surface area contributed by atoms with Crippen LogP contribution in [-0.4, -0.2) is 24.2 Å². The summed E-state index contributed by atoms with van der Waals surface area (Å²) < 4.78 is 61.1. The monoisotopic (exact) mass is 333 g/mol. The third-order valence-electron chi connectivity index (χ3n) is 2.09. The summed E-state index contributed by atoms with van der Waals surface area (Å²) in [6.45, 7) is -0.457. The molecule has 1 rings (SSSR count). The van der Waals surface area contributed by atoms with Crippen molar-refractivity contribution in [3.05, 3.63) is 28.2 Å². The molecule has 18 heavy (non-hydrogen) atoms. The van der Waals surface area contributed by atoms with Crippen LogP contribution in [0.1, 0.15) is 5.56 Å². The number of hydrogen-bond acceptors (Lipinski definition) is 2. The zero-order valence-corrected chi connectivity index (χ0v) is 10.4. The Hall–Kier alpha value is -0.890. The van der Waals surface area contributed by atoms with Crippen molar-refractivity contribution in [1.29, 1.82) is 0 Å². The zero-order chi connectivity index (χ0) is 13.9. The Morgan fingerprint density at radius 2 is 1.89 bits per heavy atom. The predicted octanol–water partition coefficient (Wildman–Crippen LogP) is 3.51. The van der Waals surface area contributed by atoms with Crippen LogP contribution in [-0.2, 0) is 6.18 Å². The van der Waals surface area contributed by atoms with Crippen LogP contribution >= 0.6 is 15.9 Å². The first kappa shape index (κ1) is 15.2. The van der Waals surface area contributed by atoms with E-state index in [9.17, 15) is 22.0 Å². The van der Waals surface area contributed by atoms with Gasteiger partial charge in [0.05, 0.1) is 5.56 Å². The second kappa shape index (κ2) is 5.83. The molecule has 1 atom stereocenters. The highest BCUT2D eigenvalue weighted by Gasteiger charge is 2.30. The minimum absolute atomic E-state index is 0.0822. The molecule has 2 nitrogen and oxygen atoms in total. The van der Waals surface area contributed by atoms with Crippen molar-refractivity contribution < 1.29 is 27.1 Å². The molecule has 0 bridgehead atoms. The van der Waals surface area contributed by atoms with Crippen molar-refractivity contribution in [2.24, 2.45) is 0 Å². The van der Waals surface area contributed by atoms with Gasteiger partial charge in [-0.05, 0) is 34.1 Å². The van der Waals surface area contributed by atoms with E-state index in [-0.39, 0.29) is 10.2 Å². The minimum Gasteiger partial charge on any atom is -0.385 e. The lowest BCUT2D eigenvalue weighted by Gasteiger charge is -2.14. The third-order valence-corrected chi connectivity index (χ3v) is 2.75. The van der Waals surface area contributed by atoms with Gasteiger partial charge in [-0.3, -0.25) is 0 Å². The Labute approximate surface area is 108 Å². The van der Waals surface area contributed by atoms with E-state index in [1.807, 2.05) is 0 Å². The van der Waals surface area contributed by atoms with E-state index >= 15 is 0 Å². The Kier molecular flexibility index (Phi) is 4.92. The molecule has 8 heteroatoms. The number of aliphatic hydroxyl groups excluding tert-OH is 1. The van der Waals surface area contributed by atoms with E-state index in [1.165, 1.54) is 0 Å². The average Bonchev–Trinajstić information content (AvgIpc) is 2.25. The summed E-state index contributed by atoms with van der Waals surface area (Å²) in [4.78, 5) is 0. The molecule has 0 fully saturated rings. The van der Waals surface area contributed by atoms with Crippen LogP contribution in [0.4, 0.5) is 27.6 Å². The van der Waals surface area contributed by atoms with Gasteiger partial charge in [0.2, 0.25) is 0 Å². The number of aliphatic hydroxyl groups is 1. The maximum Gasteiger partial charge on any atom is 0.416 e. The van der Waals surface area contributed by atoms with Crippen LogP contribution < -0.4 is 5.32 Å². The zero-order valence-electron chi connectivity index (χ0n) is 8.81. The van der Waals surface area contributed by atoms with Gasteiger partial charge in [0, 0.05) is 16.7 Å². The fourth-order valence-electron chi connectivity index (χ4n) is 1.14. The SMILES string of the molecule is OC(CNc1ccc(C(F)(F)F)cc1Br)C(F)F. The van der Waals surface area contributed by atoms with Gasteiger partial charge in [-0.1, -0.05) is 0 Å². The van der Waals surface area contributed by atoms with Gasteiger partial charge in [-0.2, -0.15) is 13.2 Å². The summed E-state index contributed by atoms with van der Waals surface area (Å²) in [5.41, 5.74) is -0.656. The van der Waals surface area contributed by atoms with Gasteiger partial charge in [0.25, 0.3) is 6.43 Å². The number of alkyl halides is 5. The molecule has 0 aromatic heterocycles. The Morgan fingerprint density at radius 1 is 1.28 bits per heavy atom. The molecule has 0 spiro atoms. The summed E-state index contributed by atoms with van der Waals surface area (Å²) in [5.74, 6) is 0. The first-order chi connectivity index (χ1) is 8.21. The number of nitrogens with one attached hydrogen (secondary N) is 1. The van der Waals surface area contributed by atoms with E-state index in [4.69, 9.17) is 5.11 Å². The topological polar surface area (TPSA) is 32.3 Å². The van der Waals surface area contributed by atoms with Crippen LogP contribution in [0.25, 0.3) is 0 Å². The normalized spacial score (nSPS) is 13.8. The van der Waals surface area contributed by atoms with Gasteiger partial charge < -0.3 is 10.4 Å². The highest BCUT2D eigenvalue weighted by molar-refractivity contribution is 9.10. The highest BCUT2D eigenvalue weighted by Crippen LogP contribution is 2.33. The predicted molar refractivity (Wildman–Crippen MR) is 59.6 cm³/mol. The molecule has 102 valence electrons. The molecule has 1 unspecified atom stereocenters. The molecule has 1 aromatic rings. The number of halogens is 6. The number of rotatable bonds is 4. The van der Waals surface area contributed by atoms with Crippen LogP contribution in [0.15, 0.2) is 22.7 Å². The van der Waals surface area contributed by atoms with Crippen LogP contribution in [0, 0.1) is 0 Å². The van der Waals surface area contributed by atoms with Crippen LogP contribution in [0.3, 0.4) is 0 Å². The summed E-state index contributed by atoms with van der Waals surface area (Å²) in [5, 5.41) is 11.3. The van der Waals surface area contributed by atoms with E-state index in [0.29, 0.717) is 0 Å². The van der Waals surface area contributed by atoms with Gasteiger partial charge >= 0.3 is 6.18 Å². The molecule has 2 N–H and O–H groups in total. The Bertz CT molecular complexity index is 410. The maximum absolute atomic E-state index is 12.3. The lowest BCUT2D eigenvalue weighted by molar-refractivity contribution is -0.137. The van der Waals surface area contributed by atoms with E-state index in [2.05, 4.69) is 21.2 Å². The maximum atomic E-state index is 12.3. The molecule has 0 aliphatic rings. The molecule has 0 saturated carbocycles. The summed E-state index contributed by atoms with van der Waals surface area (Å²) in [6, 6.07) is 2.75. The van der Waals surface area contributed by atoms with Crippen LogP contribution in [0.2, 0.25) is 0 Å². The number of anilines is 1. The minimum atomic E-state index is -4.47. The largest absolute Gasteiger partial charge is 0.416 e. The van der Waals surface area contributed by atoms with Crippen LogP contribution in [0.5, 0.6) is 0 Å². The summed E-state index contributed by atoms with van der Waals surface area (Å²) in [6.07, 6.45) is -9.26. The first-order valence-electron chi connectivity index (χ1n) is 4.78. The third kappa shape index (κ3) is 4.09. The standard InChI is InChI=1S/C10H9BrF5NO/c11-6-3-5(10(14,15)16)1-2-7(6)17-4-8(18)9(12)13/h1-3,8-9,17-18H,4H2. The fourth-order valence-corrected chi connectivity index (χ4v) is 1.66. The molecule has 0 saturated heterocycles. The smallest absolute Gasteiger partial charge is 0.385 e. The molecular formula is C10H9BrF5NO. The van der Waals surface area contributed by atoms with Gasteiger partial charge in [-0.25, -0.2) is 8.78 Å².